The number of hydrogen-bond donors (Lipinski definition) is 1. The minimum atomic E-state index is -4.21. The van der Waals surface area contributed by atoms with Crippen LogP contribution in [0, 0.1) is 11.2 Å². The van der Waals surface area contributed by atoms with Crippen LogP contribution in [0.2, 0.25) is 0 Å². The summed E-state index contributed by atoms with van der Waals surface area (Å²) in [5.74, 6) is -1.38. The first kappa shape index (κ1) is 16.2. The number of benzene rings is 1. The second kappa shape index (κ2) is 5.93. The maximum absolute atomic E-state index is 13.4. The van der Waals surface area contributed by atoms with Gasteiger partial charge in [0.25, 0.3) is 15.0 Å². The molecule has 0 aliphatic heterocycles. The molecular formula is C14H17ClFNO3S. The van der Waals surface area contributed by atoms with E-state index in [1.54, 1.807) is 0 Å². The predicted octanol–water partition coefficient (Wildman–Crippen LogP) is 3.06. The van der Waals surface area contributed by atoms with E-state index in [4.69, 9.17) is 10.7 Å². The SMILES string of the molecule is CCCC1(CNC(=O)c2ccc(F)c(S(=O)(=O)Cl)c2)CC1. The van der Waals surface area contributed by atoms with E-state index in [1.807, 2.05) is 0 Å². The molecule has 2 rings (SSSR count). The molecule has 0 saturated heterocycles. The third-order valence-electron chi connectivity index (χ3n) is 3.82. The van der Waals surface area contributed by atoms with Crippen molar-refractivity contribution in [1.82, 2.24) is 5.32 Å². The van der Waals surface area contributed by atoms with Crippen LogP contribution < -0.4 is 5.32 Å². The molecule has 1 saturated carbocycles. The normalized spacial score (nSPS) is 16.5. The molecule has 0 atom stereocenters. The highest BCUT2D eigenvalue weighted by Gasteiger charge is 2.41. The van der Waals surface area contributed by atoms with Crippen LogP contribution in [0.25, 0.3) is 0 Å². The van der Waals surface area contributed by atoms with Gasteiger partial charge in [0.15, 0.2) is 0 Å². The van der Waals surface area contributed by atoms with Crippen molar-refractivity contribution in [3.63, 3.8) is 0 Å². The molecule has 1 fully saturated rings. The molecule has 0 heterocycles. The first-order chi connectivity index (χ1) is 9.77. The number of nitrogens with one attached hydrogen (secondary N) is 1. The van der Waals surface area contributed by atoms with E-state index in [1.165, 1.54) is 6.07 Å². The van der Waals surface area contributed by atoms with Crippen LogP contribution in [0.4, 0.5) is 4.39 Å². The number of amides is 1. The second-order valence-corrected chi connectivity index (χ2v) is 8.05. The smallest absolute Gasteiger partial charge is 0.264 e. The standard InChI is InChI=1S/C14H17ClFNO3S/c1-2-5-14(6-7-14)9-17-13(18)10-3-4-11(16)12(8-10)21(15,19)20/h3-4,8H,2,5-7,9H2,1H3,(H,17,18). The molecule has 0 aromatic heterocycles. The van der Waals surface area contributed by atoms with Crippen molar-refractivity contribution in [3.8, 4) is 0 Å². The Kier molecular flexibility index (Phi) is 4.58. The maximum atomic E-state index is 13.4. The molecule has 0 unspecified atom stereocenters. The Labute approximate surface area is 128 Å². The van der Waals surface area contributed by atoms with Crippen molar-refractivity contribution in [2.75, 3.05) is 6.54 Å². The van der Waals surface area contributed by atoms with Crippen molar-refractivity contribution in [3.05, 3.63) is 29.6 Å². The molecule has 116 valence electrons. The summed E-state index contributed by atoms with van der Waals surface area (Å²) in [4.78, 5) is 11.4. The van der Waals surface area contributed by atoms with Gasteiger partial charge in [0.1, 0.15) is 10.7 Å². The topological polar surface area (TPSA) is 63.2 Å². The molecule has 1 aromatic carbocycles. The van der Waals surface area contributed by atoms with Crippen LogP contribution in [0.15, 0.2) is 23.1 Å². The Hall–Kier alpha value is -1.14. The minimum absolute atomic E-state index is 0.0860. The molecule has 21 heavy (non-hydrogen) atoms. The molecular weight excluding hydrogens is 317 g/mol. The summed E-state index contributed by atoms with van der Waals surface area (Å²) in [5.41, 5.74) is 0.272. The molecule has 1 N–H and O–H groups in total. The van der Waals surface area contributed by atoms with Gasteiger partial charge >= 0.3 is 0 Å². The maximum Gasteiger partial charge on any atom is 0.264 e. The van der Waals surface area contributed by atoms with Gasteiger partial charge in [0, 0.05) is 22.8 Å². The number of carbonyl (C=O) groups excluding carboxylic acids is 1. The predicted molar refractivity (Wildman–Crippen MR) is 78.3 cm³/mol. The zero-order valence-corrected chi connectivity index (χ0v) is 13.2. The highest BCUT2D eigenvalue weighted by Crippen LogP contribution is 2.48. The molecule has 4 nitrogen and oxygen atoms in total. The Balaban J connectivity index is 2.10. The van der Waals surface area contributed by atoms with Gasteiger partial charge in [-0.15, -0.1) is 0 Å². The summed E-state index contributed by atoms with van der Waals surface area (Å²) in [5, 5.41) is 2.79. The summed E-state index contributed by atoms with van der Waals surface area (Å²) in [7, 11) is 0.930. The second-order valence-electron chi connectivity index (χ2n) is 5.52. The zero-order chi connectivity index (χ0) is 15.7. The average molecular weight is 334 g/mol. The van der Waals surface area contributed by atoms with E-state index >= 15 is 0 Å². The van der Waals surface area contributed by atoms with Crippen LogP contribution in [0.5, 0.6) is 0 Å². The fraction of sp³-hybridized carbons (Fsp3) is 0.500. The van der Waals surface area contributed by atoms with Crippen molar-refractivity contribution >= 4 is 25.6 Å². The van der Waals surface area contributed by atoms with Crippen LogP contribution in [0.3, 0.4) is 0 Å². The van der Waals surface area contributed by atoms with E-state index < -0.39 is 25.7 Å². The fourth-order valence-corrected chi connectivity index (χ4v) is 3.35. The van der Waals surface area contributed by atoms with Gasteiger partial charge in [-0.2, -0.15) is 0 Å². The summed E-state index contributed by atoms with van der Waals surface area (Å²) in [6, 6.07) is 3.14. The van der Waals surface area contributed by atoms with Gasteiger partial charge in [-0.05, 0) is 42.9 Å². The van der Waals surface area contributed by atoms with E-state index in [9.17, 15) is 17.6 Å². The number of rotatable bonds is 6. The lowest BCUT2D eigenvalue weighted by Gasteiger charge is -2.15. The number of carbonyl (C=O) groups is 1. The van der Waals surface area contributed by atoms with E-state index in [0.717, 1.165) is 37.8 Å². The Morgan fingerprint density at radius 1 is 1.43 bits per heavy atom. The third kappa shape index (κ3) is 3.95. The van der Waals surface area contributed by atoms with E-state index in [-0.39, 0.29) is 11.0 Å². The lowest BCUT2D eigenvalue weighted by atomic mass is 10.0. The van der Waals surface area contributed by atoms with Crippen molar-refractivity contribution in [1.29, 1.82) is 0 Å². The summed E-state index contributed by atoms with van der Waals surface area (Å²) >= 11 is 0. The first-order valence-electron chi connectivity index (χ1n) is 6.80. The van der Waals surface area contributed by atoms with Crippen molar-refractivity contribution in [2.45, 2.75) is 37.5 Å². The number of hydrogen-bond acceptors (Lipinski definition) is 3. The van der Waals surface area contributed by atoms with Crippen LogP contribution in [0.1, 0.15) is 43.0 Å². The minimum Gasteiger partial charge on any atom is -0.351 e. The summed E-state index contributed by atoms with van der Waals surface area (Å²) in [6.07, 6.45) is 4.29. The van der Waals surface area contributed by atoms with Gasteiger partial charge in [0.05, 0.1) is 0 Å². The lowest BCUT2D eigenvalue weighted by molar-refractivity contribution is 0.0943. The Morgan fingerprint density at radius 3 is 2.62 bits per heavy atom. The highest BCUT2D eigenvalue weighted by molar-refractivity contribution is 8.13. The number of halogens is 2. The van der Waals surface area contributed by atoms with Crippen LogP contribution >= 0.6 is 10.7 Å². The molecule has 0 radical (unpaired) electrons. The van der Waals surface area contributed by atoms with Gasteiger partial charge in [-0.3, -0.25) is 4.79 Å². The third-order valence-corrected chi connectivity index (χ3v) is 5.15. The highest BCUT2D eigenvalue weighted by atomic mass is 35.7. The molecule has 1 amide bonds. The van der Waals surface area contributed by atoms with E-state index in [0.29, 0.717) is 6.54 Å². The van der Waals surface area contributed by atoms with Crippen molar-refractivity contribution < 1.29 is 17.6 Å². The fourth-order valence-electron chi connectivity index (χ4n) is 2.42. The lowest BCUT2D eigenvalue weighted by Crippen LogP contribution is -2.30. The van der Waals surface area contributed by atoms with Crippen LogP contribution in [-0.4, -0.2) is 20.9 Å². The average Bonchev–Trinajstić information content (AvgIpc) is 3.16. The monoisotopic (exact) mass is 333 g/mol. The zero-order valence-electron chi connectivity index (χ0n) is 11.7. The van der Waals surface area contributed by atoms with Gasteiger partial charge in [-0.25, -0.2) is 12.8 Å². The largest absolute Gasteiger partial charge is 0.351 e. The first-order valence-corrected chi connectivity index (χ1v) is 9.11. The van der Waals surface area contributed by atoms with Crippen LogP contribution in [-0.2, 0) is 9.05 Å². The molecule has 1 aromatic rings. The quantitative estimate of drug-likeness (QED) is 0.814. The summed E-state index contributed by atoms with van der Waals surface area (Å²) in [6.45, 7) is 2.65. The molecule has 0 spiro atoms. The Bertz CT molecular complexity index is 656. The molecule has 7 heteroatoms. The van der Waals surface area contributed by atoms with Crippen molar-refractivity contribution in [2.24, 2.45) is 5.41 Å². The molecule has 0 bridgehead atoms. The van der Waals surface area contributed by atoms with E-state index in [2.05, 4.69) is 12.2 Å². The molecule has 1 aliphatic rings. The van der Waals surface area contributed by atoms with Gasteiger partial charge < -0.3 is 5.32 Å². The summed E-state index contributed by atoms with van der Waals surface area (Å²) < 4.78 is 35.9. The van der Waals surface area contributed by atoms with Gasteiger partial charge in [-0.1, -0.05) is 13.3 Å². The Morgan fingerprint density at radius 2 is 2.10 bits per heavy atom. The van der Waals surface area contributed by atoms with Gasteiger partial charge in [0.2, 0.25) is 0 Å². The molecule has 1 aliphatic carbocycles.